The third-order valence-electron chi connectivity index (χ3n) is 2.88. The molecule has 23 heavy (non-hydrogen) atoms. The van der Waals surface area contributed by atoms with Gasteiger partial charge in [0.05, 0.1) is 31.0 Å². The topological polar surface area (TPSA) is 92.1 Å². The van der Waals surface area contributed by atoms with Crippen LogP contribution in [0.5, 0.6) is 5.88 Å². The molecule has 130 valence electrons. The first-order valence-corrected chi connectivity index (χ1v) is 7.61. The van der Waals surface area contributed by atoms with Crippen molar-refractivity contribution < 1.29 is 24.5 Å². The summed E-state index contributed by atoms with van der Waals surface area (Å²) < 4.78 is 11.0. The van der Waals surface area contributed by atoms with Crippen molar-refractivity contribution in [1.82, 2.24) is 9.88 Å². The summed E-state index contributed by atoms with van der Waals surface area (Å²) in [6.07, 6.45) is 1.42. The Kier molecular flexibility index (Phi) is 7.94. The lowest BCUT2D eigenvalue weighted by Gasteiger charge is -2.20. The number of aliphatic hydroxyl groups is 2. The van der Waals surface area contributed by atoms with Crippen molar-refractivity contribution in [3.05, 3.63) is 23.9 Å². The molecular formula is C16H26N2O5. The number of nitrogens with zero attached hydrogens (tertiary/aromatic N) is 2. The molecule has 0 saturated heterocycles. The zero-order valence-electron chi connectivity index (χ0n) is 14.0. The van der Waals surface area contributed by atoms with Gasteiger partial charge in [-0.2, -0.15) is 0 Å². The van der Waals surface area contributed by atoms with Crippen LogP contribution in [0.4, 0.5) is 0 Å². The smallest absolute Gasteiger partial charge is 0.255 e. The van der Waals surface area contributed by atoms with Crippen LogP contribution in [0, 0.1) is 0 Å². The molecule has 0 atom stereocenters. The van der Waals surface area contributed by atoms with Crippen LogP contribution in [0.25, 0.3) is 0 Å². The quantitative estimate of drug-likeness (QED) is 0.649. The summed E-state index contributed by atoms with van der Waals surface area (Å²) in [6.45, 7) is 6.75. The number of aliphatic hydroxyl groups excluding tert-OH is 2. The molecule has 0 aliphatic rings. The third kappa shape index (κ3) is 7.40. The van der Waals surface area contributed by atoms with Gasteiger partial charge in [0.15, 0.2) is 0 Å². The second-order valence-corrected chi connectivity index (χ2v) is 5.93. The Balaban J connectivity index is 2.53. The van der Waals surface area contributed by atoms with E-state index in [1.807, 2.05) is 20.8 Å². The standard InChI is InChI=1S/C16H26N2O5/c1-16(2,3)23-11-10-22-14-5-4-13(12-17-14)15(21)18(6-8-19)7-9-20/h4-5,12,19-20H,6-11H2,1-3H3. The average Bonchev–Trinajstić information content (AvgIpc) is 2.50. The van der Waals surface area contributed by atoms with Gasteiger partial charge >= 0.3 is 0 Å². The lowest BCUT2D eigenvalue weighted by molar-refractivity contribution is -0.0168. The number of ether oxygens (including phenoxy) is 2. The summed E-state index contributed by atoms with van der Waals surface area (Å²) >= 11 is 0. The number of amides is 1. The number of carbonyl (C=O) groups is 1. The Labute approximate surface area is 136 Å². The third-order valence-corrected chi connectivity index (χ3v) is 2.88. The Morgan fingerprint density at radius 1 is 1.17 bits per heavy atom. The van der Waals surface area contributed by atoms with Crippen LogP contribution < -0.4 is 4.74 Å². The predicted octanol–water partition coefficient (Wildman–Crippen LogP) is 0.702. The van der Waals surface area contributed by atoms with E-state index >= 15 is 0 Å². The van der Waals surface area contributed by atoms with Crippen molar-refractivity contribution in [2.24, 2.45) is 0 Å². The molecule has 0 aliphatic heterocycles. The van der Waals surface area contributed by atoms with Crippen LogP contribution in [-0.2, 0) is 4.74 Å². The molecule has 0 saturated carbocycles. The predicted molar refractivity (Wildman–Crippen MR) is 85.5 cm³/mol. The SMILES string of the molecule is CC(C)(C)OCCOc1ccc(C(=O)N(CCO)CCO)cn1. The Hall–Kier alpha value is -1.70. The maximum absolute atomic E-state index is 12.2. The number of carbonyl (C=O) groups excluding carboxylic acids is 1. The Morgan fingerprint density at radius 3 is 2.30 bits per heavy atom. The molecule has 1 amide bonds. The van der Waals surface area contributed by atoms with Crippen LogP contribution in [-0.4, -0.2) is 71.1 Å². The normalized spacial score (nSPS) is 11.3. The van der Waals surface area contributed by atoms with Gasteiger partial charge < -0.3 is 24.6 Å². The first-order chi connectivity index (χ1) is 10.9. The fourth-order valence-corrected chi connectivity index (χ4v) is 1.83. The zero-order chi connectivity index (χ0) is 17.3. The molecule has 1 rings (SSSR count). The molecule has 1 heterocycles. The molecule has 0 aliphatic carbocycles. The summed E-state index contributed by atoms with van der Waals surface area (Å²) in [7, 11) is 0. The molecule has 0 fully saturated rings. The van der Waals surface area contributed by atoms with Crippen molar-refractivity contribution in [2.45, 2.75) is 26.4 Å². The second-order valence-electron chi connectivity index (χ2n) is 5.93. The minimum Gasteiger partial charge on any atom is -0.475 e. The van der Waals surface area contributed by atoms with Crippen LogP contribution in [0.2, 0.25) is 0 Å². The highest BCUT2D eigenvalue weighted by atomic mass is 16.5. The average molecular weight is 326 g/mol. The van der Waals surface area contributed by atoms with Crippen molar-refractivity contribution in [2.75, 3.05) is 39.5 Å². The minimum atomic E-state index is -0.289. The number of rotatable bonds is 9. The van der Waals surface area contributed by atoms with Gasteiger partial charge in [0.2, 0.25) is 5.88 Å². The van der Waals surface area contributed by atoms with E-state index in [-0.39, 0.29) is 37.8 Å². The minimum absolute atomic E-state index is 0.159. The van der Waals surface area contributed by atoms with Gasteiger partial charge in [-0.15, -0.1) is 0 Å². The molecule has 0 radical (unpaired) electrons. The van der Waals surface area contributed by atoms with Gasteiger partial charge in [-0.3, -0.25) is 4.79 Å². The summed E-state index contributed by atoms with van der Waals surface area (Å²) in [6, 6.07) is 3.22. The number of pyridine rings is 1. The largest absolute Gasteiger partial charge is 0.475 e. The molecule has 0 spiro atoms. The number of hydrogen-bond acceptors (Lipinski definition) is 6. The summed E-state index contributed by atoms with van der Waals surface area (Å²) in [5, 5.41) is 17.9. The lowest BCUT2D eigenvalue weighted by Crippen LogP contribution is -2.35. The molecular weight excluding hydrogens is 300 g/mol. The second kappa shape index (κ2) is 9.44. The highest BCUT2D eigenvalue weighted by Crippen LogP contribution is 2.11. The molecule has 7 heteroatoms. The number of aromatic nitrogens is 1. The fraction of sp³-hybridized carbons (Fsp3) is 0.625. The van der Waals surface area contributed by atoms with Gasteiger partial charge in [0.1, 0.15) is 6.61 Å². The molecule has 7 nitrogen and oxygen atoms in total. The van der Waals surface area contributed by atoms with E-state index < -0.39 is 0 Å². The first kappa shape index (κ1) is 19.3. The van der Waals surface area contributed by atoms with Crippen molar-refractivity contribution in [3.8, 4) is 5.88 Å². The van der Waals surface area contributed by atoms with Gasteiger partial charge in [0.25, 0.3) is 5.91 Å². The van der Waals surface area contributed by atoms with Gasteiger partial charge in [-0.1, -0.05) is 0 Å². The van der Waals surface area contributed by atoms with Crippen molar-refractivity contribution >= 4 is 5.91 Å². The molecule has 2 N–H and O–H groups in total. The monoisotopic (exact) mass is 326 g/mol. The lowest BCUT2D eigenvalue weighted by atomic mass is 10.2. The maximum Gasteiger partial charge on any atom is 0.255 e. The van der Waals surface area contributed by atoms with E-state index in [0.29, 0.717) is 24.7 Å². The Bertz CT molecular complexity index is 464. The van der Waals surface area contributed by atoms with E-state index in [1.54, 1.807) is 12.1 Å². The molecule has 0 bridgehead atoms. The van der Waals surface area contributed by atoms with E-state index in [4.69, 9.17) is 19.7 Å². The van der Waals surface area contributed by atoms with Gasteiger partial charge in [-0.05, 0) is 26.8 Å². The van der Waals surface area contributed by atoms with Gasteiger partial charge in [-0.25, -0.2) is 4.98 Å². The maximum atomic E-state index is 12.2. The van der Waals surface area contributed by atoms with E-state index in [1.165, 1.54) is 11.1 Å². The van der Waals surface area contributed by atoms with Crippen molar-refractivity contribution in [3.63, 3.8) is 0 Å². The van der Waals surface area contributed by atoms with Crippen LogP contribution in [0.1, 0.15) is 31.1 Å². The van der Waals surface area contributed by atoms with Crippen molar-refractivity contribution in [1.29, 1.82) is 0 Å². The van der Waals surface area contributed by atoms with E-state index in [0.717, 1.165) is 0 Å². The highest BCUT2D eigenvalue weighted by Gasteiger charge is 2.15. The van der Waals surface area contributed by atoms with Crippen LogP contribution >= 0.6 is 0 Å². The molecule has 1 aromatic rings. The molecule has 0 aromatic carbocycles. The first-order valence-electron chi connectivity index (χ1n) is 7.61. The fourth-order valence-electron chi connectivity index (χ4n) is 1.83. The summed E-state index contributed by atoms with van der Waals surface area (Å²) in [5.41, 5.74) is 0.167. The molecule has 1 aromatic heterocycles. The highest BCUT2D eigenvalue weighted by molar-refractivity contribution is 5.94. The number of hydrogen-bond donors (Lipinski definition) is 2. The Morgan fingerprint density at radius 2 is 1.83 bits per heavy atom. The summed E-state index contributed by atoms with van der Waals surface area (Å²) in [5.74, 6) is 0.123. The van der Waals surface area contributed by atoms with Crippen LogP contribution in [0.3, 0.4) is 0 Å². The van der Waals surface area contributed by atoms with Gasteiger partial charge in [0, 0.05) is 25.4 Å². The van der Waals surface area contributed by atoms with E-state index in [9.17, 15) is 4.79 Å². The van der Waals surface area contributed by atoms with E-state index in [2.05, 4.69) is 4.98 Å². The zero-order valence-corrected chi connectivity index (χ0v) is 14.0. The van der Waals surface area contributed by atoms with Crippen LogP contribution in [0.15, 0.2) is 18.3 Å². The molecule has 0 unspecified atom stereocenters. The summed E-state index contributed by atoms with van der Waals surface area (Å²) in [4.78, 5) is 17.7.